The Balaban J connectivity index is 2.67. The first-order valence-electron chi connectivity index (χ1n) is 4.95. The molecule has 0 saturated heterocycles. The molecule has 1 rings (SSSR count). The maximum absolute atomic E-state index is 10.7. The zero-order valence-electron chi connectivity index (χ0n) is 9.34. The average molecular weight is 229 g/mol. The van der Waals surface area contributed by atoms with Crippen LogP contribution in [0.25, 0.3) is 0 Å². The molecule has 0 aromatic carbocycles. The maximum atomic E-state index is 10.7. The Morgan fingerprint density at radius 3 is 2.69 bits per heavy atom. The van der Waals surface area contributed by atoms with Crippen LogP contribution >= 0.6 is 0 Å². The number of rotatable bonds is 6. The predicted molar refractivity (Wildman–Crippen MR) is 56.3 cm³/mol. The molecule has 90 valence electrons. The van der Waals surface area contributed by atoms with Crippen molar-refractivity contribution in [1.29, 1.82) is 0 Å². The van der Waals surface area contributed by atoms with Crippen LogP contribution in [0.15, 0.2) is 0 Å². The van der Waals surface area contributed by atoms with Gasteiger partial charge < -0.3 is 9.84 Å². The Morgan fingerprint density at radius 2 is 2.19 bits per heavy atom. The van der Waals surface area contributed by atoms with Gasteiger partial charge in [-0.1, -0.05) is 0 Å². The first kappa shape index (κ1) is 12.6. The van der Waals surface area contributed by atoms with Gasteiger partial charge in [0, 0.05) is 0 Å². The molecule has 0 atom stereocenters. The molecule has 7 heteroatoms. The van der Waals surface area contributed by atoms with Gasteiger partial charge in [-0.25, -0.2) is 0 Å². The van der Waals surface area contributed by atoms with Gasteiger partial charge in [0.1, 0.15) is 11.4 Å². The normalized spacial score (nSPS) is 10.7. The van der Waals surface area contributed by atoms with Gasteiger partial charge in [-0.15, -0.1) is 0 Å². The average Bonchev–Trinajstić information content (AvgIpc) is 2.49. The third kappa shape index (κ3) is 2.77. The van der Waals surface area contributed by atoms with E-state index in [0.717, 1.165) is 0 Å². The second-order valence-electron chi connectivity index (χ2n) is 3.34. The number of hydrogen-bond acceptors (Lipinski definition) is 5. The summed E-state index contributed by atoms with van der Waals surface area (Å²) in [6.07, 6.45) is 0. The fourth-order valence-electron chi connectivity index (χ4n) is 1.49. The van der Waals surface area contributed by atoms with Crippen LogP contribution in [-0.4, -0.2) is 39.6 Å². The molecule has 1 aromatic heterocycles. The number of aryl methyl sites for hydroxylation is 1. The van der Waals surface area contributed by atoms with Crippen LogP contribution < -0.4 is 0 Å². The Labute approximate surface area is 92.8 Å². The topological polar surface area (TPSA) is 90.4 Å². The van der Waals surface area contributed by atoms with E-state index < -0.39 is 4.92 Å². The van der Waals surface area contributed by atoms with Crippen molar-refractivity contribution < 1.29 is 14.8 Å². The standard InChI is InChI=1S/C9H15N3O4/c1-7-9(12(14)15)8(2)11(10-7)3-5-16-6-4-13/h13H,3-6H2,1-2H3. The number of nitrogens with zero attached hydrogens (tertiary/aromatic N) is 3. The van der Waals surface area contributed by atoms with Crippen molar-refractivity contribution in [2.75, 3.05) is 19.8 Å². The van der Waals surface area contributed by atoms with Gasteiger partial charge >= 0.3 is 5.69 Å². The van der Waals surface area contributed by atoms with E-state index in [0.29, 0.717) is 24.5 Å². The molecular weight excluding hydrogens is 214 g/mol. The van der Waals surface area contributed by atoms with Crippen LogP contribution in [0.2, 0.25) is 0 Å². The highest BCUT2D eigenvalue weighted by Gasteiger charge is 2.21. The second kappa shape index (κ2) is 5.57. The van der Waals surface area contributed by atoms with E-state index in [-0.39, 0.29) is 18.9 Å². The fourth-order valence-corrected chi connectivity index (χ4v) is 1.49. The fraction of sp³-hybridized carbons (Fsp3) is 0.667. The lowest BCUT2D eigenvalue weighted by Crippen LogP contribution is -2.11. The van der Waals surface area contributed by atoms with Crippen molar-refractivity contribution in [1.82, 2.24) is 9.78 Å². The minimum absolute atomic E-state index is 0.0305. The third-order valence-corrected chi connectivity index (χ3v) is 2.21. The van der Waals surface area contributed by atoms with E-state index >= 15 is 0 Å². The molecule has 0 bridgehead atoms. The van der Waals surface area contributed by atoms with Gasteiger partial charge in [0.15, 0.2) is 0 Å². The molecule has 0 radical (unpaired) electrons. The van der Waals surface area contributed by atoms with Crippen molar-refractivity contribution in [2.45, 2.75) is 20.4 Å². The zero-order valence-corrected chi connectivity index (χ0v) is 9.34. The molecule has 16 heavy (non-hydrogen) atoms. The first-order valence-corrected chi connectivity index (χ1v) is 4.95. The van der Waals surface area contributed by atoms with Crippen molar-refractivity contribution in [3.8, 4) is 0 Å². The van der Waals surface area contributed by atoms with Gasteiger partial charge in [-0.2, -0.15) is 5.10 Å². The molecule has 0 saturated carbocycles. The summed E-state index contributed by atoms with van der Waals surface area (Å²) in [6, 6.07) is 0. The van der Waals surface area contributed by atoms with E-state index in [1.54, 1.807) is 18.5 Å². The number of nitro groups is 1. The van der Waals surface area contributed by atoms with Crippen molar-refractivity contribution in [2.24, 2.45) is 0 Å². The molecule has 1 heterocycles. The van der Waals surface area contributed by atoms with E-state index in [1.807, 2.05) is 0 Å². The van der Waals surface area contributed by atoms with Crippen LogP contribution in [0.5, 0.6) is 0 Å². The molecule has 0 fully saturated rings. The molecular formula is C9H15N3O4. The SMILES string of the molecule is Cc1nn(CCOCCO)c(C)c1[N+](=O)[O-]. The summed E-state index contributed by atoms with van der Waals surface area (Å²) in [5, 5.41) is 23.3. The summed E-state index contributed by atoms with van der Waals surface area (Å²) < 4.78 is 6.62. The summed E-state index contributed by atoms with van der Waals surface area (Å²) in [6.45, 7) is 4.32. The summed E-state index contributed by atoms with van der Waals surface area (Å²) in [5.74, 6) is 0. The van der Waals surface area contributed by atoms with Crippen LogP contribution in [-0.2, 0) is 11.3 Å². The Kier molecular flexibility index (Phi) is 4.39. The number of aliphatic hydroxyl groups excluding tert-OH is 1. The van der Waals surface area contributed by atoms with E-state index in [1.165, 1.54) is 0 Å². The molecule has 7 nitrogen and oxygen atoms in total. The number of ether oxygens (including phenoxy) is 1. The molecule has 0 spiro atoms. The minimum atomic E-state index is -0.428. The highest BCUT2D eigenvalue weighted by atomic mass is 16.6. The number of hydrogen-bond donors (Lipinski definition) is 1. The van der Waals surface area contributed by atoms with Gasteiger partial charge in [-0.05, 0) is 13.8 Å². The summed E-state index contributed by atoms with van der Waals surface area (Å²) in [7, 11) is 0. The molecule has 0 unspecified atom stereocenters. The summed E-state index contributed by atoms with van der Waals surface area (Å²) in [4.78, 5) is 10.3. The Bertz CT molecular complexity index is 375. The van der Waals surface area contributed by atoms with Crippen LogP contribution in [0.3, 0.4) is 0 Å². The first-order chi connectivity index (χ1) is 7.57. The highest BCUT2D eigenvalue weighted by molar-refractivity contribution is 5.39. The van der Waals surface area contributed by atoms with E-state index in [4.69, 9.17) is 9.84 Å². The predicted octanol–water partition coefficient (Wildman–Crippen LogP) is 0.417. The number of aromatic nitrogens is 2. The third-order valence-electron chi connectivity index (χ3n) is 2.21. The van der Waals surface area contributed by atoms with Crippen LogP contribution in [0.4, 0.5) is 5.69 Å². The largest absolute Gasteiger partial charge is 0.394 e. The lowest BCUT2D eigenvalue weighted by molar-refractivity contribution is -0.386. The Morgan fingerprint density at radius 1 is 1.50 bits per heavy atom. The quantitative estimate of drug-likeness (QED) is 0.433. The number of aliphatic hydroxyl groups is 1. The molecule has 0 aliphatic carbocycles. The van der Waals surface area contributed by atoms with Crippen LogP contribution in [0.1, 0.15) is 11.4 Å². The van der Waals surface area contributed by atoms with Gasteiger partial charge in [-0.3, -0.25) is 14.8 Å². The van der Waals surface area contributed by atoms with Crippen LogP contribution in [0, 0.1) is 24.0 Å². The molecule has 0 aliphatic rings. The summed E-state index contributed by atoms with van der Waals surface area (Å²) in [5.41, 5.74) is 0.988. The smallest absolute Gasteiger partial charge is 0.312 e. The molecule has 0 amide bonds. The van der Waals surface area contributed by atoms with Gasteiger partial charge in [0.05, 0.1) is 31.3 Å². The van der Waals surface area contributed by atoms with E-state index in [2.05, 4.69) is 5.10 Å². The summed E-state index contributed by atoms with van der Waals surface area (Å²) >= 11 is 0. The Hall–Kier alpha value is -1.47. The zero-order chi connectivity index (χ0) is 12.1. The monoisotopic (exact) mass is 229 g/mol. The molecule has 1 N–H and O–H groups in total. The second-order valence-corrected chi connectivity index (χ2v) is 3.34. The van der Waals surface area contributed by atoms with Crippen molar-refractivity contribution in [3.05, 3.63) is 21.5 Å². The lowest BCUT2D eigenvalue weighted by Gasteiger charge is -2.03. The molecule has 1 aromatic rings. The van der Waals surface area contributed by atoms with Crippen molar-refractivity contribution >= 4 is 5.69 Å². The van der Waals surface area contributed by atoms with Gasteiger partial charge in [0.25, 0.3) is 0 Å². The molecule has 0 aliphatic heterocycles. The highest BCUT2D eigenvalue weighted by Crippen LogP contribution is 2.21. The van der Waals surface area contributed by atoms with E-state index in [9.17, 15) is 10.1 Å². The maximum Gasteiger partial charge on any atom is 0.312 e. The van der Waals surface area contributed by atoms with Crippen molar-refractivity contribution in [3.63, 3.8) is 0 Å². The lowest BCUT2D eigenvalue weighted by atomic mass is 10.3. The minimum Gasteiger partial charge on any atom is -0.394 e. The van der Waals surface area contributed by atoms with Gasteiger partial charge in [0.2, 0.25) is 0 Å².